The van der Waals surface area contributed by atoms with E-state index in [0.29, 0.717) is 37.8 Å². The van der Waals surface area contributed by atoms with Gasteiger partial charge >= 0.3 is 6.18 Å². The SMILES string of the molecule is FC(F)(F)c1nnc2ccc(N3CCN(c4cc(-n5cccn5)ncn4)CC3)nn12. The molecular formula is C17H15F3N10. The van der Waals surface area contributed by atoms with Crippen molar-refractivity contribution in [3.63, 3.8) is 0 Å². The summed E-state index contributed by atoms with van der Waals surface area (Å²) in [6.07, 6.45) is 0.332. The van der Waals surface area contributed by atoms with Crippen LogP contribution in [0.1, 0.15) is 5.82 Å². The number of rotatable bonds is 3. The van der Waals surface area contributed by atoms with Crippen molar-refractivity contribution in [2.45, 2.75) is 6.18 Å². The highest BCUT2D eigenvalue weighted by Gasteiger charge is 2.37. The molecule has 30 heavy (non-hydrogen) atoms. The van der Waals surface area contributed by atoms with Gasteiger partial charge in [0.2, 0.25) is 0 Å². The van der Waals surface area contributed by atoms with Crippen LogP contribution in [-0.2, 0) is 6.18 Å². The number of fused-ring (bicyclic) bond motifs is 1. The predicted molar refractivity (Wildman–Crippen MR) is 99.4 cm³/mol. The molecule has 1 saturated heterocycles. The molecule has 1 aliphatic heterocycles. The van der Waals surface area contributed by atoms with E-state index in [1.54, 1.807) is 23.1 Å². The Morgan fingerprint density at radius 3 is 2.30 bits per heavy atom. The van der Waals surface area contributed by atoms with E-state index in [1.807, 2.05) is 17.0 Å². The van der Waals surface area contributed by atoms with Gasteiger partial charge in [-0.25, -0.2) is 14.6 Å². The minimum Gasteiger partial charge on any atom is -0.353 e. The molecule has 4 aromatic rings. The summed E-state index contributed by atoms with van der Waals surface area (Å²) in [5.74, 6) is 0.723. The van der Waals surface area contributed by atoms with Crippen LogP contribution in [0.2, 0.25) is 0 Å². The average molecular weight is 416 g/mol. The summed E-state index contributed by atoms with van der Waals surface area (Å²) in [5, 5.41) is 15.0. The van der Waals surface area contributed by atoms with Crippen LogP contribution in [0.15, 0.2) is 43.0 Å². The van der Waals surface area contributed by atoms with Crippen LogP contribution in [0, 0.1) is 0 Å². The van der Waals surface area contributed by atoms with Gasteiger partial charge in [0.1, 0.15) is 18.0 Å². The first-order chi connectivity index (χ1) is 14.5. The molecule has 10 nitrogen and oxygen atoms in total. The van der Waals surface area contributed by atoms with Crippen molar-refractivity contribution in [2.75, 3.05) is 36.0 Å². The second kappa shape index (κ2) is 6.93. The van der Waals surface area contributed by atoms with Crippen LogP contribution in [0.5, 0.6) is 0 Å². The van der Waals surface area contributed by atoms with Gasteiger partial charge in [0.15, 0.2) is 11.5 Å². The molecule has 5 heterocycles. The number of hydrogen-bond donors (Lipinski definition) is 0. The number of hydrogen-bond acceptors (Lipinski definition) is 8. The fourth-order valence-electron chi connectivity index (χ4n) is 3.33. The van der Waals surface area contributed by atoms with Gasteiger partial charge in [-0.15, -0.1) is 15.3 Å². The van der Waals surface area contributed by atoms with Crippen LogP contribution < -0.4 is 9.80 Å². The van der Waals surface area contributed by atoms with Crippen molar-refractivity contribution < 1.29 is 13.2 Å². The molecule has 0 radical (unpaired) electrons. The second-order valence-electron chi connectivity index (χ2n) is 6.64. The zero-order valence-corrected chi connectivity index (χ0v) is 15.5. The van der Waals surface area contributed by atoms with Crippen molar-refractivity contribution in [1.82, 2.24) is 39.6 Å². The lowest BCUT2D eigenvalue weighted by Gasteiger charge is -2.35. The molecule has 0 unspecified atom stereocenters. The Bertz CT molecular complexity index is 1160. The van der Waals surface area contributed by atoms with E-state index in [9.17, 15) is 13.2 Å². The minimum atomic E-state index is -4.62. The Balaban J connectivity index is 1.33. The maximum absolute atomic E-state index is 13.1. The van der Waals surface area contributed by atoms with Crippen molar-refractivity contribution in [2.24, 2.45) is 0 Å². The Kier molecular flexibility index (Phi) is 4.22. The largest absolute Gasteiger partial charge is 0.453 e. The highest BCUT2D eigenvalue weighted by atomic mass is 19.4. The van der Waals surface area contributed by atoms with Gasteiger partial charge in [-0.3, -0.25) is 0 Å². The third-order valence-electron chi connectivity index (χ3n) is 4.81. The van der Waals surface area contributed by atoms with Gasteiger partial charge in [0.05, 0.1) is 0 Å². The summed E-state index contributed by atoms with van der Waals surface area (Å²) < 4.78 is 41.7. The standard InChI is InChI=1S/C17H15F3N10/c18-17(19,20)16-25-24-12-2-3-13(26-30(12)16)27-6-8-28(9-7-27)14-10-15(22-11-21-14)29-5-1-4-23-29/h1-5,10-11H,6-9H2. The summed E-state index contributed by atoms with van der Waals surface area (Å²) in [4.78, 5) is 12.6. The fourth-order valence-corrected chi connectivity index (χ4v) is 3.33. The van der Waals surface area contributed by atoms with Gasteiger partial charge in [-0.05, 0) is 18.2 Å². The van der Waals surface area contributed by atoms with Gasteiger partial charge in [-0.2, -0.15) is 22.8 Å². The molecule has 0 spiro atoms. The minimum absolute atomic E-state index is 0.0526. The normalized spacial score (nSPS) is 15.2. The van der Waals surface area contributed by atoms with Crippen molar-refractivity contribution >= 4 is 17.3 Å². The number of nitrogens with zero attached hydrogens (tertiary/aromatic N) is 10. The molecule has 0 aromatic carbocycles. The molecule has 13 heteroatoms. The first-order valence-corrected chi connectivity index (χ1v) is 9.11. The van der Waals surface area contributed by atoms with Crippen LogP contribution in [0.4, 0.5) is 24.8 Å². The molecule has 1 aliphatic rings. The first kappa shape index (κ1) is 18.3. The number of aromatic nitrogens is 8. The molecular weight excluding hydrogens is 401 g/mol. The number of piperazine rings is 1. The van der Waals surface area contributed by atoms with E-state index in [4.69, 9.17) is 0 Å². The lowest BCUT2D eigenvalue weighted by molar-refractivity contribution is -0.146. The smallest absolute Gasteiger partial charge is 0.353 e. The molecule has 0 atom stereocenters. The van der Waals surface area contributed by atoms with E-state index in [0.717, 1.165) is 10.3 Å². The maximum Gasteiger partial charge on any atom is 0.453 e. The third-order valence-corrected chi connectivity index (χ3v) is 4.81. The Morgan fingerprint density at radius 2 is 1.60 bits per heavy atom. The summed E-state index contributed by atoms with van der Waals surface area (Å²) in [5.41, 5.74) is 0.0526. The highest BCUT2D eigenvalue weighted by molar-refractivity contribution is 5.49. The fraction of sp³-hybridized carbons (Fsp3) is 0.294. The van der Waals surface area contributed by atoms with Crippen LogP contribution in [0.25, 0.3) is 11.5 Å². The van der Waals surface area contributed by atoms with E-state index < -0.39 is 12.0 Å². The molecule has 5 rings (SSSR count). The third kappa shape index (κ3) is 3.27. The van der Waals surface area contributed by atoms with Gasteiger partial charge < -0.3 is 9.80 Å². The van der Waals surface area contributed by atoms with Gasteiger partial charge in [0.25, 0.3) is 5.82 Å². The number of alkyl halides is 3. The summed E-state index contributed by atoms with van der Waals surface area (Å²) in [7, 11) is 0. The van der Waals surface area contributed by atoms with E-state index in [1.165, 1.54) is 12.4 Å². The van der Waals surface area contributed by atoms with Gasteiger partial charge in [-0.1, -0.05) is 0 Å². The molecule has 0 bridgehead atoms. The Morgan fingerprint density at radius 1 is 0.867 bits per heavy atom. The monoisotopic (exact) mass is 416 g/mol. The molecule has 154 valence electrons. The topological polar surface area (TPSA) is 93.2 Å². The molecule has 4 aromatic heterocycles. The second-order valence-corrected chi connectivity index (χ2v) is 6.64. The van der Waals surface area contributed by atoms with Crippen LogP contribution in [0.3, 0.4) is 0 Å². The quantitative estimate of drug-likeness (QED) is 0.496. The lowest BCUT2D eigenvalue weighted by Crippen LogP contribution is -2.47. The lowest BCUT2D eigenvalue weighted by atomic mass is 10.3. The zero-order chi connectivity index (χ0) is 20.7. The summed E-state index contributed by atoms with van der Waals surface area (Å²) >= 11 is 0. The van der Waals surface area contributed by atoms with Crippen molar-refractivity contribution in [1.29, 1.82) is 0 Å². The molecule has 1 fully saturated rings. The van der Waals surface area contributed by atoms with Crippen LogP contribution >= 0.6 is 0 Å². The highest BCUT2D eigenvalue weighted by Crippen LogP contribution is 2.28. The summed E-state index contributed by atoms with van der Waals surface area (Å²) in [6, 6.07) is 6.79. The zero-order valence-electron chi connectivity index (χ0n) is 15.5. The first-order valence-electron chi connectivity index (χ1n) is 9.11. The Labute approximate surface area is 167 Å². The maximum atomic E-state index is 13.1. The predicted octanol–water partition coefficient (Wildman–Crippen LogP) is 1.45. The number of halogens is 3. The number of anilines is 2. The Hall–Kier alpha value is -3.77. The molecule has 0 saturated carbocycles. The molecule has 0 amide bonds. The van der Waals surface area contributed by atoms with Gasteiger partial charge in [0, 0.05) is 44.6 Å². The van der Waals surface area contributed by atoms with E-state index in [2.05, 4.69) is 35.3 Å². The van der Waals surface area contributed by atoms with E-state index >= 15 is 0 Å². The molecule has 0 aliphatic carbocycles. The van der Waals surface area contributed by atoms with Crippen molar-refractivity contribution in [3.05, 3.63) is 48.8 Å². The van der Waals surface area contributed by atoms with Crippen molar-refractivity contribution in [3.8, 4) is 5.82 Å². The van der Waals surface area contributed by atoms with Crippen LogP contribution in [-0.4, -0.2) is 65.7 Å². The summed E-state index contributed by atoms with van der Waals surface area (Å²) in [6.45, 7) is 2.40. The average Bonchev–Trinajstić information content (AvgIpc) is 3.43. The van der Waals surface area contributed by atoms with E-state index in [-0.39, 0.29) is 5.65 Å². The molecule has 0 N–H and O–H groups in total.